The molecule has 1 N–H and O–H groups in total. The maximum absolute atomic E-state index is 12.4. The number of aryl methyl sites for hydroxylation is 1. The lowest BCUT2D eigenvalue weighted by atomic mass is 9.88. The number of likely N-dealkylation sites (N-methyl/N-ethyl adjacent to an activating group) is 1. The van der Waals surface area contributed by atoms with Gasteiger partial charge in [-0.1, -0.05) is 37.8 Å². The first-order valence-electron chi connectivity index (χ1n) is 10.0. The van der Waals surface area contributed by atoms with Crippen LogP contribution in [0.25, 0.3) is 11.1 Å². The molecule has 1 aromatic carbocycles. The Morgan fingerprint density at radius 1 is 1.19 bits per heavy atom. The van der Waals surface area contributed by atoms with Gasteiger partial charge < -0.3 is 14.6 Å². The van der Waals surface area contributed by atoms with Crippen LogP contribution in [0.15, 0.2) is 33.5 Å². The van der Waals surface area contributed by atoms with Crippen LogP contribution in [0.5, 0.6) is 0 Å². The van der Waals surface area contributed by atoms with Crippen molar-refractivity contribution in [3.63, 3.8) is 0 Å². The van der Waals surface area contributed by atoms with E-state index in [1.807, 2.05) is 18.2 Å². The van der Waals surface area contributed by atoms with Gasteiger partial charge in [0.2, 0.25) is 5.91 Å². The van der Waals surface area contributed by atoms with Gasteiger partial charge in [-0.3, -0.25) is 9.36 Å². The van der Waals surface area contributed by atoms with E-state index in [0.717, 1.165) is 18.4 Å². The summed E-state index contributed by atoms with van der Waals surface area (Å²) in [5, 5.41) is 3.14. The van der Waals surface area contributed by atoms with Gasteiger partial charge in [-0.25, -0.2) is 4.79 Å². The van der Waals surface area contributed by atoms with E-state index in [1.165, 1.54) is 25.7 Å². The van der Waals surface area contributed by atoms with Gasteiger partial charge in [0.25, 0.3) is 0 Å². The van der Waals surface area contributed by atoms with Crippen LogP contribution < -0.4 is 11.1 Å². The van der Waals surface area contributed by atoms with E-state index in [2.05, 4.69) is 24.3 Å². The van der Waals surface area contributed by atoms with E-state index >= 15 is 0 Å². The van der Waals surface area contributed by atoms with Crippen molar-refractivity contribution in [2.45, 2.75) is 63.5 Å². The number of carbonyl (C=O) groups excluding carboxylic acids is 1. The normalized spacial score (nSPS) is 17.1. The number of para-hydroxylation sites is 2. The highest BCUT2D eigenvalue weighted by Crippen LogP contribution is 2.30. The Labute approximate surface area is 160 Å². The Morgan fingerprint density at radius 3 is 2.59 bits per heavy atom. The average molecular weight is 373 g/mol. The number of hydrogen-bond donors (Lipinski definition) is 1. The number of nitrogens with one attached hydrogen (secondary N) is 1. The molecule has 6 nitrogen and oxygen atoms in total. The molecule has 148 valence electrons. The molecule has 27 heavy (non-hydrogen) atoms. The highest BCUT2D eigenvalue weighted by molar-refractivity contribution is 5.76. The highest BCUT2D eigenvalue weighted by atomic mass is 16.4. The molecule has 1 aliphatic carbocycles. The highest BCUT2D eigenvalue weighted by Gasteiger charge is 2.33. The molecule has 0 saturated heterocycles. The molecule has 1 aliphatic rings. The average Bonchev–Trinajstić information content (AvgIpc) is 2.82. The smallest absolute Gasteiger partial charge is 0.408 e. The fourth-order valence-electron chi connectivity index (χ4n) is 4.14. The van der Waals surface area contributed by atoms with Crippen LogP contribution in [-0.2, 0) is 11.3 Å². The summed E-state index contributed by atoms with van der Waals surface area (Å²) in [5.74, 6) is -0.303. The van der Waals surface area contributed by atoms with Crippen LogP contribution in [0.2, 0.25) is 0 Å². The van der Waals surface area contributed by atoms with Crippen LogP contribution in [0.1, 0.15) is 51.4 Å². The third kappa shape index (κ3) is 4.61. The molecular weight excluding hydrogens is 342 g/mol. The summed E-state index contributed by atoms with van der Waals surface area (Å²) in [5.41, 5.74) is 1.45. The van der Waals surface area contributed by atoms with Gasteiger partial charge >= 0.3 is 5.76 Å². The number of fused-ring (bicyclic) bond motifs is 1. The van der Waals surface area contributed by atoms with E-state index in [0.29, 0.717) is 31.5 Å². The van der Waals surface area contributed by atoms with Gasteiger partial charge in [0, 0.05) is 25.0 Å². The van der Waals surface area contributed by atoms with Gasteiger partial charge in [0.1, 0.15) is 0 Å². The van der Waals surface area contributed by atoms with Gasteiger partial charge in [-0.05, 0) is 45.5 Å². The van der Waals surface area contributed by atoms with Crippen LogP contribution in [0.3, 0.4) is 0 Å². The number of benzene rings is 1. The van der Waals surface area contributed by atoms with Crippen LogP contribution in [-0.4, -0.2) is 41.6 Å². The van der Waals surface area contributed by atoms with E-state index in [4.69, 9.17) is 4.42 Å². The standard InChI is InChI=1S/C21H31N3O3/c1-23(2)21(13-7-3-4-8-14-21)16-22-19(25)12-9-15-24-17-10-5-6-11-18(17)27-20(24)26/h5-6,10-11H,3-4,7-9,12-16H2,1-2H3,(H,22,25). The summed E-state index contributed by atoms with van der Waals surface area (Å²) in [6, 6.07) is 7.38. The van der Waals surface area contributed by atoms with Gasteiger partial charge in [0.05, 0.1) is 5.52 Å². The van der Waals surface area contributed by atoms with Crippen molar-refractivity contribution in [1.82, 2.24) is 14.8 Å². The lowest BCUT2D eigenvalue weighted by molar-refractivity contribution is -0.121. The molecule has 0 bridgehead atoms. The molecule has 1 aromatic heterocycles. The first kappa shape index (κ1) is 19.7. The second-order valence-corrected chi connectivity index (χ2v) is 7.90. The predicted octanol–water partition coefficient (Wildman–Crippen LogP) is 3.15. The van der Waals surface area contributed by atoms with Crippen molar-refractivity contribution in [2.75, 3.05) is 20.6 Å². The minimum absolute atomic E-state index is 0.0568. The van der Waals surface area contributed by atoms with E-state index < -0.39 is 0 Å². The molecule has 3 rings (SSSR count). The zero-order valence-corrected chi connectivity index (χ0v) is 16.5. The van der Waals surface area contributed by atoms with Crippen molar-refractivity contribution in [3.05, 3.63) is 34.8 Å². The van der Waals surface area contributed by atoms with Crippen molar-refractivity contribution in [1.29, 1.82) is 0 Å². The van der Waals surface area contributed by atoms with Crippen molar-refractivity contribution < 1.29 is 9.21 Å². The Kier molecular flexibility index (Phi) is 6.37. The van der Waals surface area contributed by atoms with E-state index in [9.17, 15) is 9.59 Å². The topological polar surface area (TPSA) is 67.5 Å². The maximum atomic E-state index is 12.4. The minimum Gasteiger partial charge on any atom is -0.408 e. The molecule has 1 saturated carbocycles. The minimum atomic E-state index is -0.360. The predicted molar refractivity (Wildman–Crippen MR) is 107 cm³/mol. The van der Waals surface area contributed by atoms with Crippen LogP contribution >= 0.6 is 0 Å². The Balaban J connectivity index is 1.52. The van der Waals surface area contributed by atoms with E-state index in [1.54, 1.807) is 10.6 Å². The molecular formula is C21H31N3O3. The number of hydrogen-bond acceptors (Lipinski definition) is 4. The van der Waals surface area contributed by atoms with Gasteiger partial charge in [0.15, 0.2) is 5.58 Å². The number of rotatable bonds is 7. The summed E-state index contributed by atoms with van der Waals surface area (Å²) in [6.45, 7) is 1.19. The fourth-order valence-corrected chi connectivity index (χ4v) is 4.14. The van der Waals surface area contributed by atoms with Crippen molar-refractivity contribution in [2.24, 2.45) is 0 Å². The zero-order valence-electron chi connectivity index (χ0n) is 16.5. The second-order valence-electron chi connectivity index (χ2n) is 7.90. The Bertz CT molecular complexity index is 813. The fraction of sp³-hybridized carbons (Fsp3) is 0.619. The largest absolute Gasteiger partial charge is 0.419 e. The number of nitrogens with zero attached hydrogens (tertiary/aromatic N) is 2. The molecule has 1 amide bonds. The summed E-state index contributed by atoms with van der Waals surface area (Å²) in [4.78, 5) is 26.6. The lowest BCUT2D eigenvalue weighted by Gasteiger charge is -2.39. The van der Waals surface area contributed by atoms with Gasteiger partial charge in [-0.2, -0.15) is 0 Å². The SMILES string of the molecule is CN(C)C1(CNC(=O)CCCn2c(=O)oc3ccccc32)CCCCCC1. The number of amides is 1. The molecule has 0 aliphatic heterocycles. The molecule has 0 atom stereocenters. The number of aromatic nitrogens is 1. The molecule has 0 radical (unpaired) electrons. The molecule has 1 heterocycles. The molecule has 0 unspecified atom stereocenters. The third-order valence-corrected chi connectivity index (χ3v) is 5.96. The van der Waals surface area contributed by atoms with E-state index in [-0.39, 0.29) is 17.2 Å². The first-order chi connectivity index (χ1) is 13.0. The summed E-state index contributed by atoms with van der Waals surface area (Å²) < 4.78 is 6.84. The van der Waals surface area contributed by atoms with Crippen molar-refractivity contribution in [3.8, 4) is 0 Å². The second kappa shape index (κ2) is 8.74. The maximum Gasteiger partial charge on any atom is 0.419 e. The monoisotopic (exact) mass is 373 g/mol. The third-order valence-electron chi connectivity index (χ3n) is 5.96. The number of oxazole rings is 1. The number of carbonyl (C=O) groups is 1. The summed E-state index contributed by atoms with van der Waals surface area (Å²) >= 11 is 0. The lowest BCUT2D eigenvalue weighted by Crippen LogP contribution is -2.52. The molecule has 2 aromatic rings. The molecule has 6 heteroatoms. The summed E-state index contributed by atoms with van der Waals surface area (Å²) in [7, 11) is 4.24. The van der Waals surface area contributed by atoms with Crippen LogP contribution in [0.4, 0.5) is 0 Å². The molecule has 0 spiro atoms. The zero-order chi connectivity index (χ0) is 19.3. The Hall–Kier alpha value is -2.08. The van der Waals surface area contributed by atoms with Crippen molar-refractivity contribution >= 4 is 17.0 Å². The summed E-state index contributed by atoms with van der Waals surface area (Å²) in [6.07, 6.45) is 8.33. The quantitative estimate of drug-likeness (QED) is 0.757. The molecule has 1 fully saturated rings. The Morgan fingerprint density at radius 2 is 1.89 bits per heavy atom. The first-order valence-corrected chi connectivity index (χ1v) is 10.0. The van der Waals surface area contributed by atoms with Crippen LogP contribution in [0, 0.1) is 0 Å². The van der Waals surface area contributed by atoms with Gasteiger partial charge in [-0.15, -0.1) is 0 Å².